The Morgan fingerprint density at radius 2 is 1.89 bits per heavy atom. The Morgan fingerprint density at radius 1 is 1.14 bits per heavy atom. The summed E-state index contributed by atoms with van der Waals surface area (Å²) < 4.78 is 7.24. The molecule has 0 unspecified atom stereocenters. The van der Waals surface area contributed by atoms with Gasteiger partial charge in [0.25, 0.3) is 5.56 Å². The summed E-state index contributed by atoms with van der Waals surface area (Å²) in [6, 6.07) is 6.01. The highest BCUT2D eigenvalue weighted by Gasteiger charge is 2.36. The van der Waals surface area contributed by atoms with Gasteiger partial charge in [-0.2, -0.15) is 0 Å². The summed E-state index contributed by atoms with van der Waals surface area (Å²) in [5.41, 5.74) is 3.62. The van der Waals surface area contributed by atoms with E-state index in [-0.39, 0.29) is 29.5 Å². The number of hydrogen-bond donors (Lipinski definition) is 1. The molecule has 5 rings (SSSR count). The Hall–Kier alpha value is -3.07. The Balaban J connectivity index is 1.56. The molecule has 1 aliphatic carbocycles. The zero-order valence-corrected chi connectivity index (χ0v) is 21.5. The van der Waals surface area contributed by atoms with E-state index < -0.39 is 0 Å². The van der Waals surface area contributed by atoms with E-state index >= 15 is 0 Å². The molecule has 0 spiro atoms. The van der Waals surface area contributed by atoms with E-state index in [9.17, 15) is 9.59 Å². The fraction of sp³-hybridized carbons (Fsp3) is 0.593. The molecule has 1 saturated heterocycles. The van der Waals surface area contributed by atoms with Crippen LogP contribution < -0.4 is 5.56 Å². The van der Waals surface area contributed by atoms with Crippen molar-refractivity contribution >= 4 is 16.9 Å². The molecular weight excluding hydrogens is 456 g/mol. The number of aromatic amines is 1. The number of aromatic nitrogens is 5. The molecule has 36 heavy (non-hydrogen) atoms. The number of hydrogen-bond acceptors (Lipinski definition) is 7. The predicted octanol–water partition coefficient (Wildman–Crippen LogP) is 4.00. The van der Waals surface area contributed by atoms with Crippen LogP contribution in [-0.4, -0.2) is 55.8 Å². The van der Waals surface area contributed by atoms with Gasteiger partial charge in [-0.3, -0.25) is 14.5 Å². The van der Waals surface area contributed by atoms with Gasteiger partial charge in [-0.1, -0.05) is 31.4 Å². The number of fused-ring (bicyclic) bond motifs is 1. The Morgan fingerprint density at radius 3 is 2.61 bits per heavy atom. The second kappa shape index (κ2) is 10.5. The Labute approximate surface area is 211 Å². The number of H-pyrrole nitrogens is 1. The quantitative estimate of drug-likeness (QED) is 0.518. The number of nitrogens with one attached hydrogen (secondary N) is 1. The number of likely N-dealkylation sites (tertiary alicyclic amines) is 1. The summed E-state index contributed by atoms with van der Waals surface area (Å²) in [4.78, 5) is 31.4. The molecule has 192 valence electrons. The highest BCUT2D eigenvalue weighted by molar-refractivity contribution is 5.83. The molecule has 0 bridgehead atoms. The van der Waals surface area contributed by atoms with Crippen LogP contribution in [-0.2, 0) is 9.53 Å². The van der Waals surface area contributed by atoms with Gasteiger partial charge in [0.15, 0.2) is 5.82 Å². The minimum absolute atomic E-state index is 0.114. The summed E-state index contributed by atoms with van der Waals surface area (Å²) in [7, 11) is 0. The molecule has 9 heteroatoms. The van der Waals surface area contributed by atoms with Crippen LogP contribution in [0.15, 0.2) is 23.0 Å². The first-order valence-corrected chi connectivity index (χ1v) is 13.3. The number of aryl methyl sites for hydroxylation is 2. The van der Waals surface area contributed by atoms with E-state index in [4.69, 9.17) is 4.74 Å². The molecule has 2 fully saturated rings. The van der Waals surface area contributed by atoms with Crippen LogP contribution in [0, 0.1) is 19.8 Å². The summed E-state index contributed by atoms with van der Waals surface area (Å²) in [5.74, 6) is 0.469. The van der Waals surface area contributed by atoms with E-state index in [1.54, 1.807) is 0 Å². The van der Waals surface area contributed by atoms with E-state index in [1.165, 1.54) is 6.42 Å². The summed E-state index contributed by atoms with van der Waals surface area (Å²) in [6.45, 7) is 7.64. The van der Waals surface area contributed by atoms with E-state index in [1.807, 2.05) is 24.6 Å². The number of nitrogens with zero attached hydrogens (tertiary/aromatic N) is 5. The third-order valence-electron chi connectivity index (χ3n) is 8.07. The summed E-state index contributed by atoms with van der Waals surface area (Å²) >= 11 is 0. The van der Waals surface area contributed by atoms with Crippen molar-refractivity contribution in [3.05, 3.63) is 51.1 Å². The van der Waals surface area contributed by atoms with Crippen molar-refractivity contribution in [3.63, 3.8) is 0 Å². The minimum Gasteiger partial charge on any atom is -0.466 e. The molecule has 3 heterocycles. The molecular formula is C27H36N6O3. The lowest BCUT2D eigenvalue weighted by molar-refractivity contribution is -0.149. The van der Waals surface area contributed by atoms with Gasteiger partial charge in [-0.25, -0.2) is 4.68 Å². The minimum atomic E-state index is -0.389. The van der Waals surface area contributed by atoms with Crippen molar-refractivity contribution in [2.75, 3.05) is 19.7 Å². The van der Waals surface area contributed by atoms with Gasteiger partial charge in [0.2, 0.25) is 0 Å². The SMILES string of the molecule is CCOC(=O)C1CCN([C@@H](c2cc3ccc(C)c(C)c3[nH]c2=O)c2nnnn2C2CCCCC2)CC1. The maximum absolute atomic E-state index is 13.6. The average molecular weight is 493 g/mol. The van der Waals surface area contributed by atoms with Crippen molar-refractivity contribution in [1.82, 2.24) is 30.1 Å². The van der Waals surface area contributed by atoms with E-state index in [0.717, 1.165) is 47.7 Å². The second-order valence-electron chi connectivity index (χ2n) is 10.3. The molecule has 1 saturated carbocycles. The number of pyridine rings is 1. The maximum atomic E-state index is 13.6. The number of rotatable bonds is 6. The lowest BCUT2D eigenvalue weighted by atomic mass is 9.92. The van der Waals surface area contributed by atoms with Gasteiger partial charge in [-0.05, 0) is 79.5 Å². The van der Waals surface area contributed by atoms with Gasteiger partial charge in [0.05, 0.1) is 24.1 Å². The third kappa shape index (κ3) is 4.68. The first kappa shape index (κ1) is 24.6. The zero-order chi connectivity index (χ0) is 25.2. The number of carbonyl (C=O) groups excluding carboxylic acids is 1. The maximum Gasteiger partial charge on any atom is 0.309 e. The standard InChI is InChI=1S/C27H36N6O3/c1-4-36-27(35)19-12-14-32(15-13-19)24(25-29-30-31-33(25)21-8-6-5-7-9-21)22-16-20-11-10-17(2)18(3)23(20)28-26(22)34/h10-11,16,19,21,24H,4-9,12-15H2,1-3H3,(H,28,34)/t24-/m0/s1. The van der Waals surface area contributed by atoms with Crippen molar-refractivity contribution in [1.29, 1.82) is 0 Å². The molecule has 1 aliphatic heterocycles. The number of ether oxygens (including phenoxy) is 1. The van der Waals surface area contributed by atoms with Crippen LogP contribution >= 0.6 is 0 Å². The second-order valence-corrected chi connectivity index (χ2v) is 10.3. The monoisotopic (exact) mass is 492 g/mol. The van der Waals surface area contributed by atoms with Crippen LogP contribution in [0.25, 0.3) is 10.9 Å². The van der Waals surface area contributed by atoms with Crippen molar-refractivity contribution in [2.45, 2.75) is 77.8 Å². The molecule has 2 aromatic heterocycles. The van der Waals surface area contributed by atoms with Crippen molar-refractivity contribution in [3.8, 4) is 0 Å². The first-order valence-electron chi connectivity index (χ1n) is 13.3. The smallest absolute Gasteiger partial charge is 0.309 e. The van der Waals surface area contributed by atoms with Crippen LogP contribution in [0.5, 0.6) is 0 Å². The van der Waals surface area contributed by atoms with Gasteiger partial charge in [0.1, 0.15) is 6.04 Å². The molecule has 9 nitrogen and oxygen atoms in total. The van der Waals surface area contributed by atoms with Gasteiger partial charge in [-0.15, -0.1) is 5.10 Å². The van der Waals surface area contributed by atoms with Crippen molar-refractivity contribution in [2.24, 2.45) is 5.92 Å². The lowest BCUT2D eigenvalue weighted by Crippen LogP contribution is -2.42. The molecule has 0 amide bonds. The van der Waals surface area contributed by atoms with Gasteiger partial charge < -0.3 is 9.72 Å². The topological polar surface area (TPSA) is 106 Å². The summed E-state index contributed by atoms with van der Waals surface area (Å²) in [6.07, 6.45) is 7.02. The largest absolute Gasteiger partial charge is 0.466 e. The normalized spacial score (nSPS) is 19.0. The van der Waals surface area contributed by atoms with E-state index in [2.05, 4.69) is 44.5 Å². The van der Waals surface area contributed by atoms with Crippen LogP contribution in [0.4, 0.5) is 0 Å². The van der Waals surface area contributed by atoms with Crippen LogP contribution in [0.3, 0.4) is 0 Å². The summed E-state index contributed by atoms with van der Waals surface area (Å²) in [5, 5.41) is 14.0. The molecule has 1 atom stereocenters. The fourth-order valence-corrected chi connectivity index (χ4v) is 5.86. The van der Waals surface area contributed by atoms with Gasteiger partial charge in [0, 0.05) is 18.7 Å². The molecule has 0 radical (unpaired) electrons. The van der Waals surface area contributed by atoms with E-state index in [0.29, 0.717) is 43.9 Å². The number of benzene rings is 1. The van der Waals surface area contributed by atoms with Crippen molar-refractivity contribution < 1.29 is 9.53 Å². The molecule has 1 aromatic carbocycles. The number of esters is 1. The Kier molecular flexibility index (Phi) is 7.18. The zero-order valence-electron chi connectivity index (χ0n) is 21.5. The van der Waals surface area contributed by atoms with Gasteiger partial charge >= 0.3 is 5.97 Å². The number of piperidine rings is 1. The fourth-order valence-electron chi connectivity index (χ4n) is 5.86. The Bertz CT molecular complexity index is 1280. The first-order chi connectivity index (χ1) is 17.5. The average Bonchev–Trinajstić information content (AvgIpc) is 3.38. The molecule has 1 N–H and O–H groups in total. The lowest BCUT2D eigenvalue weighted by Gasteiger charge is -2.36. The molecule has 3 aromatic rings. The molecule has 2 aliphatic rings. The van der Waals surface area contributed by atoms with Crippen LogP contribution in [0.2, 0.25) is 0 Å². The number of carbonyl (C=O) groups is 1. The number of tetrazole rings is 1. The predicted molar refractivity (Wildman–Crippen MR) is 137 cm³/mol. The highest BCUT2D eigenvalue weighted by atomic mass is 16.5. The highest BCUT2D eigenvalue weighted by Crippen LogP contribution is 2.35. The van der Waals surface area contributed by atoms with Crippen LogP contribution in [0.1, 0.15) is 86.5 Å². The third-order valence-corrected chi connectivity index (χ3v) is 8.07.